The van der Waals surface area contributed by atoms with E-state index in [1.165, 1.54) is 28.0 Å². The van der Waals surface area contributed by atoms with Crippen LogP contribution in [-0.4, -0.2) is 41.8 Å². The van der Waals surface area contributed by atoms with Crippen LogP contribution in [0.1, 0.15) is 5.56 Å². The number of amides is 2. The van der Waals surface area contributed by atoms with Crippen molar-refractivity contribution in [3.05, 3.63) is 29.6 Å². The highest BCUT2D eigenvalue weighted by Gasteiger charge is 2.27. The van der Waals surface area contributed by atoms with Crippen molar-refractivity contribution in [3.63, 3.8) is 0 Å². The summed E-state index contributed by atoms with van der Waals surface area (Å²) in [6.07, 6.45) is 0. The highest BCUT2D eigenvalue weighted by Crippen LogP contribution is 2.17. The van der Waals surface area contributed by atoms with Gasteiger partial charge in [0.1, 0.15) is 12.4 Å². The Kier molecular flexibility index (Phi) is 3.18. The summed E-state index contributed by atoms with van der Waals surface area (Å²) in [7, 11) is 1.59. The minimum Gasteiger partial charge on any atom is -0.398 e. The van der Waals surface area contributed by atoms with Crippen LogP contribution in [0.3, 0.4) is 0 Å². The summed E-state index contributed by atoms with van der Waals surface area (Å²) < 4.78 is 12.9. The molecule has 1 saturated heterocycles. The number of carbonyl (C=O) groups is 2. The minimum absolute atomic E-state index is 0.0339. The summed E-state index contributed by atoms with van der Waals surface area (Å²) in [5.74, 6) is -0.673. The second-order valence-electron chi connectivity index (χ2n) is 4.34. The van der Waals surface area contributed by atoms with Crippen molar-refractivity contribution in [1.82, 2.24) is 9.80 Å². The van der Waals surface area contributed by atoms with E-state index in [0.717, 1.165) is 0 Å². The molecular formula is C12H14FN3O2. The molecule has 2 amide bonds. The maximum atomic E-state index is 12.9. The zero-order valence-corrected chi connectivity index (χ0v) is 10.0. The number of hydrogen-bond acceptors (Lipinski definition) is 3. The van der Waals surface area contributed by atoms with Crippen LogP contribution in [0.5, 0.6) is 0 Å². The molecule has 1 fully saturated rings. The lowest BCUT2D eigenvalue weighted by Crippen LogP contribution is -2.51. The van der Waals surface area contributed by atoms with Crippen LogP contribution in [-0.2, 0) is 16.1 Å². The Labute approximate surface area is 104 Å². The Morgan fingerprint density at radius 3 is 2.67 bits per heavy atom. The van der Waals surface area contributed by atoms with Gasteiger partial charge in [0.25, 0.3) is 0 Å². The number of nitrogen functional groups attached to an aromatic ring is 1. The van der Waals surface area contributed by atoms with Gasteiger partial charge in [0.15, 0.2) is 0 Å². The van der Waals surface area contributed by atoms with Crippen LogP contribution in [0.2, 0.25) is 0 Å². The number of nitrogens with zero attached hydrogens (tertiary/aromatic N) is 2. The second-order valence-corrected chi connectivity index (χ2v) is 4.34. The van der Waals surface area contributed by atoms with Crippen LogP contribution < -0.4 is 5.73 Å². The average molecular weight is 251 g/mol. The molecule has 5 nitrogen and oxygen atoms in total. The molecule has 1 aliphatic heterocycles. The molecule has 2 N–H and O–H groups in total. The normalized spacial score (nSPS) is 16.3. The molecule has 96 valence electrons. The van der Waals surface area contributed by atoms with Crippen LogP contribution in [0.15, 0.2) is 18.2 Å². The Bertz CT molecular complexity index is 504. The topological polar surface area (TPSA) is 66.6 Å². The number of hydrogen-bond donors (Lipinski definition) is 1. The van der Waals surface area contributed by atoms with Crippen molar-refractivity contribution in [2.75, 3.05) is 25.9 Å². The summed E-state index contributed by atoms with van der Waals surface area (Å²) in [4.78, 5) is 26.1. The molecule has 6 heteroatoms. The van der Waals surface area contributed by atoms with E-state index in [0.29, 0.717) is 5.56 Å². The molecule has 0 aliphatic carbocycles. The third-order valence-electron chi connectivity index (χ3n) is 2.95. The zero-order chi connectivity index (χ0) is 13.3. The van der Waals surface area contributed by atoms with Crippen molar-refractivity contribution in [2.24, 2.45) is 0 Å². The predicted octanol–water partition coefficient (Wildman–Crippen LogP) is 0.208. The molecule has 0 aromatic heterocycles. The van der Waals surface area contributed by atoms with E-state index in [1.807, 2.05) is 0 Å². The Hall–Kier alpha value is -2.11. The van der Waals surface area contributed by atoms with Crippen LogP contribution >= 0.6 is 0 Å². The fourth-order valence-corrected chi connectivity index (χ4v) is 1.82. The monoisotopic (exact) mass is 251 g/mol. The van der Waals surface area contributed by atoms with E-state index in [1.54, 1.807) is 7.05 Å². The molecule has 1 aromatic rings. The van der Waals surface area contributed by atoms with Crippen molar-refractivity contribution in [2.45, 2.75) is 6.54 Å². The number of rotatable bonds is 2. The van der Waals surface area contributed by atoms with E-state index in [2.05, 4.69) is 0 Å². The first-order valence-electron chi connectivity index (χ1n) is 5.53. The maximum absolute atomic E-state index is 12.9. The molecule has 0 saturated carbocycles. The van der Waals surface area contributed by atoms with Crippen LogP contribution in [0, 0.1) is 5.82 Å². The van der Waals surface area contributed by atoms with E-state index in [-0.39, 0.29) is 37.1 Å². The summed E-state index contributed by atoms with van der Waals surface area (Å²) in [6.45, 7) is 0.330. The summed E-state index contributed by atoms with van der Waals surface area (Å²) >= 11 is 0. The molecule has 1 aromatic carbocycles. The van der Waals surface area contributed by atoms with Gasteiger partial charge < -0.3 is 15.5 Å². The molecule has 0 atom stereocenters. The van der Waals surface area contributed by atoms with Crippen molar-refractivity contribution >= 4 is 17.5 Å². The maximum Gasteiger partial charge on any atom is 0.242 e. The first kappa shape index (κ1) is 12.3. The Morgan fingerprint density at radius 2 is 2.00 bits per heavy atom. The molecule has 2 rings (SSSR count). The van der Waals surface area contributed by atoms with Gasteiger partial charge >= 0.3 is 0 Å². The van der Waals surface area contributed by atoms with Gasteiger partial charge in [-0.25, -0.2) is 4.39 Å². The van der Waals surface area contributed by atoms with Crippen molar-refractivity contribution in [3.8, 4) is 0 Å². The molecule has 0 spiro atoms. The van der Waals surface area contributed by atoms with Gasteiger partial charge in [-0.2, -0.15) is 0 Å². The summed E-state index contributed by atoms with van der Waals surface area (Å²) in [6, 6.07) is 4.02. The number of likely N-dealkylation sites (N-methyl/N-ethyl adjacent to an activating group) is 1. The summed E-state index contributed by atoms with van der Waals surface area (Å²) in [5.41, 5.74) is 6.60. The van der Waals surface area contributed by atoms with Gasteiger partial charge in [0, 0.05) is 19.3 Å². The van der Waals surface area contributed by atoms with E-state index in [9.17, 15) is 14.0 Å². The van der Waals surface area contributed by atoms with Gasteiger partial charge in [-0.15, -0.1) is 0 Å². The number of nitrogens with two attached hydrogens (primary N) is 1. The third-order valence-corrected chi connectivity index (χ3v) is 2.95. The fraction of sp³-hybridized carbons (Fsp3) is 0.333. The molecular weight excluding hydrogens is 237 g/mol. The lowest BCUT2D eigenvalue weighted by atomic mass is 10.1. The molecule has 0 radical (unpaired) electrons. The van der Waals surface area contributed by atoms with Crippen LogP contribution in [0.4, 0.5) is 10.1 Å². The minimum atomic E-state index is -0.419. The first-order chi connectivity index (χ1) is 8.47. The fourth-order valence-electron chi connectivity index (χ4n) is 1.82. The number of anilines is 1. The van der Waals surface area contributed by atoms with Gasteiger partial charge in [-0.1, -0.05) is 6.07 Å². The lowest BCUT2D eigenvalue weighted by Gasteiger charge is -2.31. The quantitative estimate of drug-likeness (QED) is 0.764. The Balaban J connectivity index is 2.13. The molecule has 0 bridgehead atoms. The number of benzene rings is 1. The Morgan fingerprint density at radius 1 is 1.28 bits per heavy atom. The molecule has 1 aliphatic rings. The zero-order valence-electron chi connectivity index (χ0n) is 10.0. The van der Waals surface area contributed by atoms with Crippen molar-refractivity contribution in [1.29, 1.82) is 0 Å². The van der Waals surface area contributed by atoms with Crippen LogP contribution in [0.25, 0.3) is 0 Å². The molecule has 1 heterocycles. The summed E-state index contributed by atoms with van der Waals surface area (Å²) in [5, 5.41) is 0. The number of carbonyl (C=O) groups excluding carboxylic acids is 2. The van der Waals surface area contributed by atoms with Gasteiger partial charge in [0.2, 0.25) is 11.8 Å². The first-order valence-corrected chi connectivity index (χ1v) is 5.53. The smallest absolute Gasteiger partial charge is 0.242 e. The van der Waals surface area contributed by atoms with E-state index in [4.69, 9.17) is 5.73 Å². The standard InChI is InChI=1S/C12H14FN3O2/c1-15-6-12(18)16(7-11(15)17)5-8-2-3-9(13)4-10(8)14/h2-4H,5-7,14H2,1H3. The third kappa shape index (κ3) is 2.42. The predicted molar refractivity (Wildman–Crippen MR) is 63.9 cm³/mol. The largest absolute Gasteiger partial charge is 0.398 e. The molecule has 0 unspecified atom stereocenters. The SMILES string of the molecule is CN1CC(=O)N(Cc2ccc(F)cc2N)CC1=O. The van der Waals surface area contributed by atoms with E-state index >= 15 is 0 Å². The van der Waals surface area contributed by atoms with Gasteiger partial charge in [-0.05, 0) is 17.7 Å². The molecule has 18 heavy (non-hydrogen) atoms. The average Bonchev–Trinajstić information content (AvgIpc) is 2.29. The highest BCUT2D eigenvalue weighted by molar-refractivity contribution is 5.92. The van der Waals surface area contributed by atoms with Gasteiger partial charge in [-0.3, -0.25) is 9.59 Å². The van der Waals surface area contributed by atoms with Crippen molar-refractivity contribution < 1.29 is 14.0 Å². The highest BCUT2D eigenvalue weighted by atomic mass is 19.1. The number of piperazine rings is 1. The second kappa shape index (κ2) is 4.64. The number of halogens is 1. The lowest BCUT2D eigenvalue weighted by molar-refractivity contribution is -0.149. The van der Waals surface area contributed by atoms with Gasteiger partial charge in [0.05, 0.1) is 6.54 Å². The van der Waals surface area contributed by atoms with E-state index < -0.39 is 5.82 Å².